The van der Waals surface area contributed by atoms with Crippen LogP contribution >= 0.6 is 0 Å². The van der Waals surface area contributed by atoms with Gasteiger partial charge in [0.1, 0.15) is 0 Å². The lowest BCUT2D eigenvalue weighted by atomic mass is 9.75. The number of esters is 4. The van der Waals surface area contributed by atoms with Crippen molar-refractivity contribution in [3.05, 3.63) is 39.9 Å². The first kappa shape index (κ1) is 21.2. The Morgan fingerprint density at radius 3 is 1.53 bits per heavy atom. The highest BCUT2D eigenvalue weighted by Crippen LogP contribution is 2.44. The molecule has 2 aliphatic rings. The summed E-state index contributed by atoms with van der Waals surface area (Å²) in [7, 11) is 0. The summed E-state index contributed by atoms with van der Waals surface area (Å²) in [6.07, 6.45) is 0. The van der Waals surface area contributed by atoms with Gasteiger partial charge in [0.15, 0.2) is 11.8 Å². The van der Waals surface area contributed by atoms with Gasteiger partial charge in [-0.2, -0.15) is 0 Å². The number of rotatable bonds is 4. The summed E-state index contributed by atoms with van der Waals surface area (Å²) in [6, 6.07) is 5.13. The topological polar surface area (TPSA) is 148 Å². The molecular weight excluding hydrogens is 402 g/mol. The third-order valence-electron chi connectivity index (χ3n) is 4.61. The Bertz CT molecular complexity index is 862. The summed E-state index contributed by atoms with van der Waals surface area (Å²) in [5.41, 5.74) is -0.710. The van der Waals surface area contributed by atoms with Crippen LogP contribution in [0.4, 0.5) is 5.69 Å². The molecule has 30 heavy (non-hydrogen) atoms. The predicted molar refractivity (Wildman–Crippen MR) is 95.3 cm³/mol. The Hall–Kier alpha value is -3.50. The number of carbonyl (C=O) groups excluding carboxylic acids is 4. The molecule has 1 aromatic rings. The highest BCUT2D eigenvalue weighted by Gasteiger charge is 2.57. The summed E-state index contributed by atoms with van der Waals surface area (Å²) >= 11 is 0. The van der Waals surface area contributed by atoms with Crippen molar-refractivity contribution in [1.29, 1.82) is 0 Å². The number of hydrogen-bond donors (Lipinski definition) is 0. The minimum atomic E-state index is -1.83. The van der Waals surface area contributed by atoms with Crippen molar-refractivity contribution < 1.29 is 43.0 Å². The van der Waals surface area contributed by atoms with Crippen LogP contribution in [0.5, 0.6) is 0 Å². The molecule has 11 nitrogen and oxygen atoms in total. The number of nitro benzene ring substituents is 1. The summed E-state index contributed by atoms with van der Waals surface area (Å²) < 4.78 is 20.4. The fourth-order valence-corrected chi connectivity index (χ4v) is 3.53. The van der Waals surface area contributed by atoms with Gasteiger partial charge in [0.25, 0.3) is 17.3 Å². The summed E-state index contributed by atoms with van der Waals surface area (Å²) in [6.45, 7) is 5.30. The maximum absolute atomic E-state index is 12.7. The van der Waals surface area contributed by atoms with Crippen molar-refractivity contribution in [3.8, 4) is 0 Å². The number of ether oxygens (including phenoxy) is 4. The molecule has 0 saturated carbocycles. The van der Waals surface area contributed by atoms with E-state index in [-0.39, 0.29) is 5.56 Å². The van der Waals surface area contributed by atoms with E-state index in [0.717, 1.165) is 6.07 Å². The third kappa shape index (κ3) is 3.82. The van der Waals surface area contributed by atoms with Crippen LogP contribution in [0.1, 0.15) is 39.2 Å². The zero-order valence-electron chi connectivity index (χ0n) is 16.6. The molecular formula is C19H19NO10. The number of hydrogen-bond acceptors (Lipinski definition) is 10. The van der Waals surface area contributed by atoms with Gasteiger partial charge in [0.2, 0.25) is 0 Å². The van der Waals surface area contributed by atoms with E-state index in [1.54, 1.807) is 0 Å². The van der Waals surface area contributed by atoms with E-state index in [9.17, 15) is 29.3 Å². The molecule has 1 aromatic carbocycles. The maximum atomic E-state index is 12.7. The van der Waals surface area contributed by atoms with Crippen molar-refractivity contribution in [2.24, 2.45) is 11.8 Å². The van der Waals surface area contributed by atoms with Gasteiger partial charge < -0.3 is 18.9 Å². The van der Waals surface area contributed by atoms with Crippen LogP contribution in [0.2, 0.25) is 0 Å². The summed E-state index contributed by atoms with van der Waals surface area (Å²) in [5, 5.41) is 11.6. The van der Waals surface area contributed by atoms with Gasteiger partial charge in [-0.15, -0.1) is 0 Å². The highest BCUT2D eigenvalue weighted by atomic mass is 16.8. The first-order valence-electron chi connectivity index (χ1n) is 8.98. The average molecular weight is 421 g/mol. The Kier molecular flexibility index (Phi) is 5.01. The zero-order valence-corrected chi connectivity index (χ0v) is 16.6. The third-order valence-corrected chi connectivity index (χ3v) is 4.61. The van der Waals surface area contributed by atoms with Crippen LogP contribution in [-0.2, 0) is 38.1 Å². The van der Waals surface area contributed by atoms with Gasteiger partial charge in [-0.1, -0.05) is 18.2 Å². The predicted octanol–water partition coefficient (Wildman–Crippen LogP) is 1.58. The Morgan fingerprint density at radius 2 is 1.17 bits per heavy atom. The van der Waals surface area contributed by atoms with Crippen molar-refractivity contribution in [1.82, 2.24) is 0 Å². The van der Waals surface area contributed by atoms with E-state index in [1.807, 2.05) is 0 Å². The van der Waals surface area contributed by atoms with Crippen molar-refractivity contribution in [3.63, 3.8) is 0 Å². The van der Waals surface area contributed by atoms with E-state index in [4.69, 9.17) is 18.9 Å². The summed E-state index contributed by atoms with van der Waals surface area (Å²) in [5.74, 6) is -12.8. The molecule has 0 N–H and O–H groups in total. The second-order valence-corrected chi connectivity index (χ2v) is 7.78. The lowest BCUT2D eigenvalue weighted by Gasteiger charge is -2.40. The number of nitrogens with zero attached hydrogens (tertiary/aromatic N) is 1. The van der Waals surface area contributed by atoms with Gasteiger partial charge in [-0.25, -0.2) is 0 Å². The van der Waals surface area contributed by atoms with Crippen molar-refractivity contribution >= 4 is 29.6 Å². The number of carbonyl (C=O) groups is 4. The Labute approximate surface area is 170 Å². The standard InChI is InChI=1S/C19H19NO10/c1-18(2)27-14(21)12(15(22)28-18)11(9-7-5-6-8-10(9)20(25)26)13-16(23)29-19(3,4)30-17(13)24/h5-8,11-13H,1-4H3. The molecule has 3 rings (SSSR count). The maximum Gasteiger partial charge on any atom is 0.324 e. The molecule has 2 saturated heterocycles. The molecule has 0 radical (unpaired) electrons. The Morgan fingerprint density at radius 1 is 0.800 bits per heavy atom. The van der Waals surface area contributed by atoms with E-state index in [2.05, 4.69) is 0 Å². The van der Waals surface area contributed by atoms with Gasteiger partial charge in [-0.05, 0) is 0 Å². The van der Waals surface area contributed by atoms with Gasteiger partial charge >= 0.3 is 23.9 Å². The van der Waals surface area contributed by atoms with E-state index >= 15 is 0 Å². The molecule has 0 bridgehead atoms. The normalized spacial score (nSPS) is 21.5. The fourth-order valence-electron chi connectivity index (χ4n) is 3.53. The van der Waals surface area contributed by atoms with Gasteiger partial charge in [0, 0.05) is 45.2 Å². The second-order valence-electron chi connectivity index (χ2n) is 7.78. The van der Waals surface area contributed by atoms with Crippen LogP contribution in [0, 0.1) is 22.0 Å². The fraction of sp³-hybridized carbons (Fsp3) is 0.474. The quantitative estimate of drug-likeness (QED) is 0.303. The first-order chi connectivity index (χ1) is 13.8. The smallest absolute Gasteiger partial charge is 0.324 e. The molecule has 0 atom stereocenters. The van der Waals surface area contributed by atoms with E-state index in [0.29, 0.717) is 0 Å². The summed E-state index contributed by atoms with van der Waals surface area (Å²) in [4.78, 5) is 61.6. The van der Waals surface area contributed by atoms with Crippen LogP contribution < -0.4 is 0 Å². The number of cyclic esters (lactones) is 4. The molecule has 0 aliphatic carbocycles. The molecule has 0 spiro atoms. The number of benzene rings is 1. The highest BCUT2D eigenvalue weighted by molar-refractivity contribution is 6.03. The van der Waals surface area contributed by atoms with Crippen LogP contribution in [0.25, 0.3) is 0 Å². The minimum absolute atomic E-state index is 0.209. The Balaban J connectivity index is 2.18. The van der Waals surface area contributed by atoms with E-state index < -0.39 is 63.8 Å². The molecule has 2 aliphatic heterocycles. The molecule has 2 fully saturated rings. The van der Waals surface area contributed by atoms with Gasteiger partial charge in [-0.3, -0.25) is 29.3 Å². The first-order valence-corrected chi connectivity index (χ1v) is 8.98. The SMILES string of the molecule is CC1(C)OC(=O)C(C(c2ccccc2[N+](=O)[O-])C2C(=O)OC(C)(C)OC2=O)C(=O)O1. The molecule has 0 aromatic heterocycles. The molecule has 160 valence electrons. The van der Waals surface area contributed by atoms with Crippen molar-refractivity contribution in [2.45, 2.75) is 45.2 Å². The van der Waals surface area contributed by atoms with Gasteiger partial charge in [0.05, 0.1) is 4.92 Å². The number of para-hydroxylation sites is 1. The van der Waals surface area contributed by atoms with Crippen LogP contribution in [0.15, 0.2) is 24.3 Å². The van der Waals surface area contributed by atoms with Crippen LogP contribution in [0.3, 0.4) is 0 Å². The van der Waals surface area contributed by atoms with E-state index in [1.165, 1.54) is 45.9 Å². The lowest BCUT2D eigenvalue weighted by molar-refractivity contribution is -0.385. The van der Waals surface area contributed by atoms with Crippen molar-refractivity contribution in [2.75, 3.05) is 0 Å². The molecule has 0 amide bonds. The molecule has 11 heteroatoms. The lowest BCUT2D eigenvalue weighted by Crippen LogP contribution is -2.54. The molecule has 0 unspecified atom stereocenters. The zero-order chi connectivity index (χ0) is 22.4. The largest absolute Gasteiger partial charge is 0.422 e. The monoisotopic (exact) mass is 421 g/mol. The minimum Gasteiger partial charge on any atom is -0.422 e. The number of nitro groups is 1. The van der Waals surface area contributed by atoms with Crippen LogP contribution in [-0.4, -0.2) is 40.4 Å². The molecule has 2 heterocycles. The average Bonchev–Trinajstić information content (AvgIpc) is 2.57. The second kappa shape index (κ2) is 7.08.